The predicted molar refractivity (Wildman–Crippen MR) is 163 cm³/mol. The molecule has 5 nitrogen and oxygen atoms in total. The summed E-state index contributed by atoms with van der Waals surface area (Å²) in [6.45, 7) is 10.4. The van der Waals surface area contributed by atoms with E-state index in [1.165, 1.54) is 0 Å². The minimum Gasteiger partial charge on any atom is -0.488 e. The second kappa shape index (κ2) is 11.8. The van der Waals surface area contributed by atoms with Crippen molar-refractivity contribution in [1.82, 2.24) is 0 Å². The van der Waals surface area contributed by atoms with Gasteiger partial charge in [-0.05, 0) is 59.4 Å². The molecule has 0 radical (unpaired) electrons. The molecule has 6 rings (SSSR count). The number of rotatable bonds is 9. The molecular weight excluding hydrogens is 510 g/mol. The molecule has 4 aromatic rings. The van der Waals surface area contributed by atoms with Gasteiger partial charge in [0, 0.05) is 17.2 Å². The van der Waals surface area contributed by atoms with Crippen LogP contribution in [0, 0.1) is 0 Å². The molecule has 206 valence electrons. The molecule has 2 aliphatic heterocycles. The Kier molecular flexibility index (Phi) is 7.59. The third-order valence-corrected chi connectivity index (χ3v) is 7.40. The Morgan fingerprint density at radius 3 is 2.05 bits per heavy atom. The van der Waals surface area contributed by atoms with Crippen LogP contribution in [0.3, 0.4) is 0 Å². The summed E-state index contributed by atoms with van der Waals surface area (Å²) in [7, 11) is 0. The van der Waals surface area contributed by atoms with Crippen molar-refractivity contribution in [3.63, 3.8) is 0 Å². The second-order valence-corrected chi connectivity index (χ2v) is 10.1. The molecule has 0 saturated heterocycles. The van der Waals surface area contributed by atoms with Crippen LogP contribution in [-0.2, 0) is 19.6 Å². The zero-order valence-corrected chi connectivity index (χ0v) is 23.5. The van der Waals surface area contributed by atoms with Crippen LogP contribution in [0.1, 0.15) is 41.7 Å². The molecule has 0 unspecified atom stereocenters. The number of aryl methyl sites for hydroxylation is 1. The Morgan fingerprint density at radius 1 is 0.756 bits per heavy atom. The van der Waals surface area contributed by atoms with Gasteiger partial charge < -0.3 is 18.9 Å². The highest BCUT2D eigenvalue weighted by Gasteiger charge is 2.28. The Bertz CT molecular complexity index is 1640. The summed E-state index contributed by atoms with van der Waals surface area (Å²) >= 11 is 0. The van der Waals surface area contributed by atoms with E-state index in [1.807, 2.05) is 54.6 Å². The lowest BCUT2D eigenvalue weighted by atomic mass is 9.91. The average molecular weight is 544 g/mol. The van der Waals surface area contributed by atoms with Gasteiger partial charge in [-0.3, -0.25) is 0 Å². The molecule has 5 heteroatoms. The number of fused-ring (bicyclic) bond motifs is 1. The van der Waals surface area contributed by atoms with Crippen molar-refractivity contribution in [2.45, 2.75) is 33.5 Å². The maximum Gasteiger partial charge on any atom is 0.161 e. The topological polar surface area (TPSA) is 49.3 Å². The van der Waals surface area contributed by atoms with Gasteiger partial charge in [-0.1, -0.05) is 80.2 Å². The first-order chi connectivity index (χ1) is 20.1. The van der Waals surface area contributed by atoms with Crippen LogP contribution in [0.25, 0.3) is 5.57 Å². The van der Waals surface area contributed by atoms with Crippen molar-refractivity contribution in [3.05, 3.63) is 137 Å². The number of ether oxygens (including phenoxy) is 4. The maximum atomic E-state index is 6.52. The zero-order chi connectivity index (χ0) is 28.2. The fraction of sp³-hybridized carbons (Fsp3) is 0.194. The molecule has 0 N–H and O–H groups in total. The maximum absolute atomic E-state index is 6.52. The van der Waals surface area contributed by atoms with Crippen LogP contribution in [-0.4, -0.2) is 18.9 Å². The first-order valence-electron chi connectivity index (χ1n) is 14.0. The number of allylic oxidation sites excluding steroid dienone is 2. The van der Waals surface area contributed by atoms with Crippen molar-refractivity contribution in [3.8, 4) is 23.0 Å². The summed E-state index contributed by atoms with van der Waals surface area (Å²) in [6, 6.07) is 30.6. The number of aliphatic imine (C=N–C) groups is 1. The molecule has 2 aliphatic rings. The van der Waals surface area contributed by atoms with Gasteiger partial charge >= 0.3 is 0 Å². The quantitative estimate of drug-likeness (QED) is 0.215. The van der Waals surface area contributed by atoms with E-state index >= 15 is 0 Å². The minimum absolute atomic E-state index is 0.424. The van der Waals surface area contributed by atoms with Crippen molar-refractivity contribution in [1.29, 1.82) is 0 Å². The lowest BCUT2D eigenvalue weighted by Crippen LogP contribution is -2.15. The summed E-state index contributed by atoms with van der Waals surface area (Å²) in [5, 5.41) is 0. The van der Waals surface area contributed by atoms with Crippen LogP contribution in [0.2, 0.25) is 0 Å². The molecule has 0 amide bonds. The number of hydrogen-bond acceptors (Lipinski definition) is 5. The second-order valence-electron chi connectivity index (χ2n) is 10.1. The Balaban J connectivity index is 1.41. The van der Waals surface area contributed by atoms with E-state index in [-0.39, 0.29) is 0 Å². The summed E-state index contributed by atoms with van der Waals surface area (Å²) in [6.07, 6.45) is 0.798. The number of nitrogens with zero attached hydrogens (tertiary/aromatic N) is 1. The van der Waals surface area contributed by atoms with Crippen molar-refractivity contribution >= 4 is 11.3 Å². The van der Waals surface area contributed by atoms with E-state index in [9.17, 15) is 0 Å². The van der Waals surface area contributed by atoms with Crippen LogP contribution in [0.5, 0.6) is 23.0 Å². The highest BCUT2D eigenvalue weighted by atomic mass is 16.6. The van der Waals surface area contributed by atoms with Gasteiger partial charge in [0.25, 0.3) is 0 Å². The highest BCUT2D eigenvalue weighted by Crippen LogP contribution is 2.42. The van der Waals surface area contributed by atoms with E-state index < -0.39 is 0 Å². The number of hydrogen-bond donors (Lipinski definition) is 0. The summed E-state index contributed by atoms with van der Waals surface area (Å²) in [5.74, 6) is 3.02. The molecule has 0 aliphatic carbocycles. The zero-order valence-electron chi connectivity index (χ0n) is 23.5. The molecule has 0 bridgehead atoms. The highest BCUT2D eigenvalue weighted by molar-refractivity contribution is 6.36. The Labute approximate surface area is 241 Å². The van der Waals surface area contributed by atoms with Gasteiger partial charge in [-0.25, -0.2) is 4.99 Å². The van der Waals surface area contributed by atoms with E-state index in [2.05, 4.69) is 56.8 Å². The Hall–Kier alpha value is -4.77. The van der Waals surface area contributed by atoms with E-state index in [0.29, 0.717) is 32.2 Å². The first kappa shape index (κ1) is 26.5. The number of benzene rings is 4. The van der Waals surface area contributed by atoms with Gasteiger partial charge in [-0.15, -0.1) is 0 Å². The minimum atomic E-state index is 0.424. The van der Waals surface area contributed by atoms with Crippen LogP contribution >= 0.6 is 0 Å². The first-order valence-corrected chi connectivity index (χ1v) is 14.0. The van der Waals surface area contributed by atoms with Crippen molar-refractivity contribution < 1.29 is 18.9 Å². The fourth-order valence-corrected chi connectivity index (χ4v) is 5.14. The molecule has 41 heavy (non-hydrogen) atoms. The van der Waals surface area contributed by atoms with Gasteiger partial charge in [0.1, 0.15) is 37.9 Å². The molecule has 0 spiro atoms. The van der Waals surface area contributed by atoms with Gasteiger partial charge in [0.2, 0.25) is 0 Å². The SMILES string of the molecule is C=C1N=C(c2cc(CC)c(OCc3ccccc3)cc2OCc2ccccc2)C(c2ccc3c(c2)OCCO3)=C1C. The van der Waals surface area contributed by atoms with Gasteiger partial charge in [-0.2, -0.15) is 0 Å². The van der Waals surface area contributed by atoms with Gasteiger partial charge in [0.05, 0.1) is 11.4 Å². The van der Waals surface area contributed by atoms with E-state index in [4.69, 9.17) is 23.9 Å². The van der Waals surface area contributed by atoms with Crippen LogP contribution in [0.4, 0.5) is 0 Å². The Morgan fingerprint density at radius 2 is 1.39 bits per heavy atom. The van der Waals surface area contributed by atoms with Crippen molar-refractivity contribution in [2.75, 3.05) is 13.2 Å². The van der Waals surface area contributed by atoms with Gasteiger partial charge in [0.15, 0.2) is 11.5 Å². The fourth-order valence-electron chi connectivity index (χ4n) is 5.14. The van der Waals surface area contributed by atoms with Crippen LogP contribution in [0.15, 0.2) is 114 Å². The molecule has 0 fully saturated rings. The largest absolute Gasteiger partial charge is 0.488 e. The predicted octanol–water partition coefficient (Wildman–Crippen LogP) is 7.97. The molecule has 2 heterocycles. The van der Waals surface area contributed by atoms with E-state index in [1.54, 1.807) is 0 Å². The lowest BCUT2D eigenvalue weighted by Gasteiger charge is -2.21. The normalized spacial score (nSPS) is 14.2. The summed E-state index contributed by atoms with van der Waals surface area (Å²) < 4.78 is 24.5. The standard InChI is InChI=1S/C36H33NO4/c1-4-28-19-30(36-35(24(2)25(3)37-36)29-15-16-31-34(20-29)39-18-17-38-31)33(41-23-27-13-9-6-10-14-27)21-32(28)40-22-26-11-7-5-8-12-26/h5-16,19-21H,3-4,17-18,22-23H2,1-2H3. The molecular formula is C36H33NO4. The van der Waals surface area contributed by atoms with Crippen LogP contribution < -0.4 is 18.9 Å². The molecule has 0 aromatic heterocycles. The average Bonchev–Trinajstić information content (AvgIpc) is 3.32. The third kappa shape index (κ3) is 5.62. The summed E-state index contributed by atoms with van der Waals surface area (Å²) in [5.41, 5.74) is 8.79. The smallest absolute Gasteiger partial charge is 0.161 e. The molecule has 0 saturated carbocycles. The summed E-state index contributed by atoms with van der Waals surface area (Å²) in [4.78, 5) is 4.98. The monoisotopic (exact) mass is 543 g/mol. The van der Waals surface area contributed by atoms with Crippen molar-refractivity contribution in [2.24, 2.45) is 4.99 Å². The third-order valence-electron chi connectivity index (χ3n) is 7.40. The lowest BCUT2D eigenvalue weighted by molar-refractivity contribution is 0.171. The molecule has 4 aromatic carbocycles. The molecule has 0 atom stereocenters. The van der Waals surface area contributed by atoms with E-state index in [0.717, 1.165) is 74.0 Å².